The van der Waals surface area contributed by atoms with E-state index in [0.717, 1.165) is 21.3 Å². The predicted octanol–water partition coefficient (Wildman–Crippen LogP) is 4.33. The van der Waals surface area contributed by atoms with Gasteiger partial charge in [-0.3, -0.25) is 0 Å². The largest absolute Gasteiger partial charge is 0.478 e. The summed E-state index contributed by atoms with van der Waals surface area (Å²) in [7, 11) is 0. The third-order valence-corrected chi connectivity index (χ3v) is 4.75. The van der Waals surface area contributed by atoms with Crippen molar-refractivity contribution in [3.63, 3.8) is 0 Å². The van der Waals surface area contributed by atoms with E-state index in [9.17, 15) is 4.79 Å². The molecule has 0 saturated carbocycles. The van der Waals surface area contributed by atoms with Crippen LogP contribution >= 0.6 is 22.9 Å². The topological polar surface area (TPSA) is 63.1 Å². The monoisotopic (exact) mass is 318 g/mol. The molecule has 0 radical (unpaired) electrons. The highest BCUT2D eigenvalue weighted by atomic mass is 35.5. The van der Waals surface area contributed by atoms with Crippen LogP contribution in [0.2, 0.25) is 5.15 Å². The van der Waals surface area contributed by atoms with E-state index in [1.807, 2.05) is 13.8 Å². The molecular weight excluding hydrogens is 308 g/mol. The Labute approximate surface area is 130 Å². The lowest BCUT2D eigenvalue weighted by Gasteiger charge is -2.03. The fourth-order valence-electron chi connectivity index (χ4n) is 2.09. The van der Waals surface area contributed by atoms with E-state index in [4.69, 9.17) is 16.7 Å². The molecule has 1 N–H and O–H groups in total. The van der Waals surface area contributed by atoms with Crippen LogP contribution in [0.25, 0.3) is 21.6 Å². The van der Waals surface area contributed by atoms with Crippen LogP contribution in [0.15, 0.2) is 24.3 Å². The number of aryl methyl sites for hydroxylation is 2. The summed E-state index contributed by atoms with van der Waals surface area (Å²) in [6, 6.07) is 6.44. The molecule has 1 aromatic carbocycles. The molecule has 6 heteroatoms. The minimum atomic E-state index is -0.958. The molecule has 0 bridgehead atoms. The fourth-order valence-corrected chi connectivity index (χ4v) is 3.49. The van der Waals surface area contributed by atoms with E-state index in [1.54, 1.807) is 23.5 Å². The van der Waals surface area contributed by atoms with Gasteiger partial charge in [-0.15, -0.1) is 11.3 Å². The lowest BCUT2D eigenvalue weighted by atomic mass is 10.1. The van der Waals surface area contributed by atoms with Gasteiger partial charge in [0.2, 0.25) is 0 Å². The van der Waals surface area contributed by atoms with Crippen molar-refractivity contribution in [2.24, 2.45) is 0 Å². The molecule has 0 amide bonds. The third-order valence-electron chi connectivity index (χ3n) is 3.37. The number of benzene rings is 1. The summed E-state index contributed by atoms with van der Waals surface area (Å²) >= 11 is 7.85. The Balaban J connectivity index is 2.14. The van der Waals surface area contributed by atoms with Gasteiger partial charge in [-0.1, -0.05) is 23.7 Å². The molecule has 0 fully saturated rings. The second-order valence-electron chi connectivity index (χ2n) is 4.68. The Bertz CT molecular complexity index is 856. The van der Waals surface area contributed by atoms with E-state index in [1.165, 1.54) is 17.0 Å². The summed E-state index contributed by atoms with van der Waals surface area (Å²) in [5.74, 6) is -0.453. The first kappa shape index (κ1) is 14.0. The van der Waals surface area contributed by atoms with E-state index < -0.39 is 5.97 Å². The molecule has 0 atom stereocenters. The number of rotatable bonds is 2. The van der Waals surface area contributed by atoms with Crippen LogP contribution in [0, 0.1) is 13.8 Å². The van der Waals surface area contributed by atoms with Gasteiger partial charge in [-0.05, 0) is 31.5 Å². The van der Waals surface area contributed by atoms with Crippen LogP contribution < -0.4 is 0 Å². The molecule has 0 aliphatic carbocycles. The SMILES string of the molecule is Cc1sc2nc(-c3ccc(C(=O)O)cc3)nc(Cl)c2c1C. The van der Waals surface area contributed by atoms with Crippen molar-refractivity contribution in [1.29, 1.82) is 0 Å². The zero-order valence-corrected chi connectivity index (χ0v) is 12.9. The summed E-state index contributed by atoms with van der Waals surface area (Å²) < 4.78 is 0. The molecular formula is C15H11ClN2O2S. The van der Waals surface area contributed by atoms with Crippen molar-refractivity contribution in [2.75, 3.05) is 0 Å². The maximum Gasteiger partial charge on any atom is 0.335 e. The first-order valence-electron chi connectivity index (χ1n) is 6.24. The maximum absolute atomic E-state index is 10.9. The number of carboxylic acid groups (broad SMARTS) is 1. The van der Waals surface area contributed by atoms with Gasteiger partial charge >= 0.3 is 5.97 Å². The molecule has 4 nitrogen and oxygen atoms in total. The van der Waals surface area contributed by atoms with Crippen molar-refractivity contribution in [1.82, 2.24) is 9.97 Å². The van der Waals surface area contributed by atoms with Gasteiger partial charge in [-0.2, -0.15) is 0 Å². The molecule has 21 heavy (non-hydrogen) atoms. The Morgan fingerprint density at radius 1 is 1.19 bits per heavy atom. The van der Waals surface area contributed by atoms with E-state index in [0.29, 0.717) is 11.0 Å². The highest BCUT2D eigenvalue weighted by Crippen LogP contribution is 2.34. The van der Waals surface area contributed by atoms with E-state index in [2.05, 4.69) is 9.97 Å². The zero-order valence-electron chi connectivity index (χ0n) is 11.3. The minimum absolute atomic E-state index is 0.230. The maximum atomic E-state index is 10.9. The van der Waals surface area contributed by atoms with Crippen LogP contribution in [0.4, 0.5) is 0 Å². The van der Waals surface area contributed by atoms with Crippen LogP contribution in [0.1, 0.15) is 20.8 Å². The van der Waals surface area contributed by atoms with Crippen LogP contribution in [-0.4, -0.2) is 21.0 Å². The van der Waals surface area contributed by atoms with Gasteiger partial charge in [0.1, 0.15) is 9.98 Å². The summed E-state index contributed by atoms with van der Waals surface area (Å²) in [5.41, 5.74) is 2.08. The first-order chi connectivity index (χ1) is 9.97. The van der Waals surface area contributed by atoms with E-state index in [-0.39, 0.29) is 5.56 Å². The highest BCUT2D eigenvalue weighted by Gasteiger charge is 2.14. The molecule has 0 saturated heterocycles. The normalized spacial score (nSPS) is 11.0. The van der Waals surface area contributed by atoms with Crippen molar-refractivity contribution in [3.8, 4) is 11.4 Å². The lowest BCUT2D eigenvalue weighted by Crippen LogP contribution is -1.96. The van der Waals surface area contributed by atoms with Gasteiger partial charge in [0, 0.05) is 10.4 Å². The molecule has 0 aliphatic rings. The third kappa shape index (κ3) is 2.39. The van der Waals surface area contributed by atoms with Crippen LogP contribution in [-0.2, 0) is 0 Å². The van der Waals surface area contributed by atoms with E-state index >= 15 is 0 Å². The number of hydrogen-bond donors (Lipinski definition) is 1. The van der Waals surface area contributed by atoms with Crippen molar-refractivity contribution in [2.45, 2.75) is 13.8 Å². The summed E-state index contributed by atoms with van der Waals surface area (Å²) in [5, 5.41) is 10.2. The number of fused-ring (bicyclic) bond motifs is 1. The average Bonchev–Trinajstić information content (AvgIpc) is 2.74. The molecule has 3 aromatic rings. The number of aromatic carboxylic acids is 1. The number of aromatic nitrogens is 2. The zero-order chi connectivity index (χ0) is 15.1. The van der Waals surface area contributed by atoms with Gasteiger partial charge in [0.05, 0.1) is 10.9 Å². The Morgan fingerprint density at radius 3 is 2.48 bits per heavy atom. The summed E-state index contributed by atoms with van der Waals surface area (Å²) in [4.78, 5) is 21.8. The quantitative estimate of drug-likeness (QED) is 0.714. The average molecular weight is 319 g/mol. The lowest BCUT2D eigenvalue weighted by molar-refractivity contribution is 0.0697. The standard InChI is InChI=1S/C15H11ClN2O2S/c1-7-8(2)21-14-11(7)12(16)17-13(18-14)9-3-5-10(6-4-9)15(19)20/h3-6H,1-2H3,(H,19,20). The molecule has 106 valence electrons. The fraction of sp³-hybridized carbons (Fsp3) is 0.133. The van der Waals surface area contributed by atoms with Gasteiger partial charge in [0.25, 0.3) is 0 Å². The van der Waals surface area contributed by atoms with Crippen LogP contribution in [0.3, 0.4) is 0 Å². The number of carbonyl (C=O) groups is 1. The second-order valence-corrected chi connectivity index (χ2v) is 6.25. The first-order valence-corrected chi connectivity index (χ1v) is 7.44. The van der Waals surface area contributed by atoms with Gasteiger partial charge in [0.15, 0.2) is 5.82 Å². The minimum Gasteiger partial charge on any atom is -0.478 e. The number of thiophene rings is 1. The summed E-state index contributed by atoms with van der Waals surface area (Å²) in [6.45, 7) is 4.03. The molecule has 2 heterocycles. The number of halogens is 1. The highest BCUT2D eigenvalue weighted by molar-refractivity contribution is 7.18. The van der Waals surface area contributed by atoms with Gasteiger partial charge in [-0.25, -0.2) is 14.8 Å². The van der Waals surface area contributed by atoms with Crippen molar-refractivity contribution < 1.29 is 9.90 Å². The predicted molar refractivity (Wildman–Crippen MR) is 84.3 cm³/mol. The number of hydrogen-bond acceptors (Lipinski definition) is 4. The number of carboxylic acids is 1. The summed E-state index contributed by atoms with van der Waals surface area (Å²) in [6.07, 6.45) is 0. The second kappa shape index (κ2) is 5.09. The smallest absolute Gasteiger partial charge is 0.335 e. The van der Waals surface area contributed by atoms with Crippen LogP contribution in [0.5, 0.6) is 0 Å². The number of nitrogens with zero attached hydrogens (tertiary/aromatic N) is 2. The van der Waals surface area contributed by atoms with Crippen molar-refractivity contribution in [3.05, 3.63) is 45.4 Å². The molecule has 0 unspecified atom stereocenters. The molecule has 2 aromatic heterocycles. The molecule has 0 aliphatic heterocycles. The van der Waals surface area contributed by atoms with Gasteiger partial charge < -0.3 is 5.11 Å². The Hall–Kier alpha value is -1.98. The molecule has 3 rings (SSSR count). The Morgan fingerprint density at radius 2 is 1.86 bits per heavy atom. The molecule has 0 spiro atoms. The van der Waals surface area contributed by atoms with Crippen molar-refractivity contribution >= 4 is 39.1 Å². The Kier molecular flexibility index (Phi) is 3.39.